The molecule has 2 fully saturated rings. The van der Waals surface area contributed by atoms with Crippen LogP contribution in [0.1, 0.15) is 31.7 Å². The van der Waals surface area contributed by atoms with E-state index in [0.29, 0.717) is 17.9 Å². The van der Waals surface area contributed by atoms with Gasteiger partial charge in [0.05, 0.1) is 5.69 Å². The molecule has 4 nitrogen and oxygen atoms in total. The van der Waals surface area contributed by atoms with Crippen molar-refractivity contribution < 1.29 is 4.74 Å². The summed E-state index contributed by atoms with van der Waals surface area (Å²) in [5, 5.41) is 8.68. The molecule has 1 aromatic carbocycles. The molecule has 3 atom stereocenters. The number of hydrogen-bond acceptors (Lipinski definition) is 4. The zero-order valence-corrected chi connectivity index (χ0v) is 14.3. The molecule has 0 spiro atoms. The summed E-state index contributed by atoms with van der Waals surface area (Å²) < 4.78 is 6.17. The third-order valence-electron chi connectivity index (χ3n) is 5.37. The van der Waals surface area contributed by atoms with Crippen molar-refractivity contribution in [3.05, 3.63) is 42.0 Å². The molecule has 2 aliphatic heterocycles. The van der Waals surface area contributed by atoms with E-state index in [1.54, 1.807) is 0 Å². The van der Waals surface area contributed by atoms with Gasteiger partial charge in [-0.3, -0.25) is 0 Å². The summed E-state index contributed by atoms with van der Waals surface area (Å²) in [6.07, 6.45) is 5.02. The standard InChI is InChI=1S/C20H25N3O/c1-2-15-5-7-16(8-6-15)18-9-10-20(22-21-18)24-19-11-13-23-12-3-4-17(19)14-23/h5-10,17,19H,2-4,11-14H2,1H3. The fourth-order valence-corrected chi connectivity index (χ4v) is 3.90. The number of hydrogen-bond donors (Lipinski definition) is 0. The largest absolute Gasteiger partial charge is 0.473 e. The average molecular weight is 323 g/mol. The van der Waals surface area contributed by atoms with Gasteiger partial charge in [-0.2, -0.15) is 0 Å². The number of ether oxygens (including phenoxy) is 1. The van der Waals surface area contributed by atoms with E-state index in [4.69, 9.17) is 4.74 Å². The summed E-state index contributed by atoms with van der Waals surface area (Å²) in [5.41, 5.74) is 3.34. The lowest BCUT2D eigenvalue weighted by molar-refractivity contribution is 0.0123. The van der Waals surface area contributed by atoms with Crippen LogP contribution in [0.4, 0.5) is 0 Å². The van der Waals surface area contributed by atoms with Gasteiger partial charge >= 0.3 is 0 Å². The predicted molar refractivity (Wildman–Crippen MR) is 95.0 cm³/mol. The Morgan fingerprint density at radius 3 is 2.67 bits per heavy atom. The number of nitrogens with zero attached hydrogens (tertiary/aromatic N) is 3. The van der Waals surface area contributed by atoms with E-state index < -0.39 is 0 Å². The van der Waals surface area contributed by atoms with Crippen LogP contribution >= 0.6 is 0 Å². The molecule has 126 valence electrons. The normalized spacial score (nSPS) is 26.1. The highest BCUT2D eigenvalue weighted by Gasteiger charge is 2.33. The maximum atomic E-state index is 6.17. The van der Waals surface area contributed by atoms with E-state index in [9.17, 15) is 0 Å². The molecule has 2 saturated heterocycles. The van der Waals surface area contributed by atoms with Gasteiger partial charge in [0.1, 0.15) is 6.10 Å². The van der Waals surface area contributed by atoms with Crippen LogP contribution in [0.15, 0.2) is 36.4 Å². The zero-order chi connectivity index (χ0) is 16.4. The van der Waals surface area contributed by atoms with Crippen LogP contribution in [0, 0.1) is 5.92 Å². The molecule has 0 N–H and O–H groups in total. The minimum atomic E-state index is 0.297. The molecular weight excluding hydrogens is 298 g/mol. The lowest BCUT2D eigenvalue weighted by atomic mass is 9.87. The van der Waals surface area contributed by atoms with Crippen LogP contribution in [0.2, 0.25) is 0 Å². The molecule has 0 radical (unpaired) electrons. The van der Waals surface area contributed by atoms with E-state index >= 15 is 0 Å². The first kappa shape index (κ1) is 15.6. The Kier molecular flexibility index (Phi) is 4.48. The lowest BCUT2D eigenvalue weighted by Gasteiger charge is -2.42. The molecule has 3 unspecified atom stereocenters. The fourth-order valence-electron chi connectivity index (χ4n) is 3.90. The SMILES string of the molecule is CCc1ccc(-c2ccc(OC3CCN4CCCC3C4)nn2)cc1. The topological polar surface area (TPSA) is 38.2 Å². The Bertz CT molecular complexity index is 668. The summed E-state index contributed by atoms with van der Waals surface area (Å²) in [6.45, 7) is 5.75. The monoisotopic (exact) mass is 323 g/mol. The van der Waals surface area contributed by atoms with E-state index in [1.807, 2.05) is 12.1 Å². The Morgan fingerprint density at radius 1 is 1.04 bits per heavy atom. The van der Waals surface area contributed by atoms with E-state index in [0.717, 1.165) is 30.6 Å². The summed E-state index contributed by atoms with van der Waals surface area (Å²) >= 11 is 0. The maximum absolute atomic E-state index is 6.17. The maximum Gasteiger partial charge on any atom is 0.233 e. The van der Waals surface area contributed by atoms with E-state index in [1.165, 1.54) is 31.5 Å². The second-order valence-corrected chi connectivity index (χ2v) is 6.96. The van der Waals surface area contributed by atoms with Crippen LogP contribution in [-0.2, 0) is 6.42 Å². The van der Waals surface area contributed by atoms with Gasteiger partial charge in [0.2, 0.25) is 5.88 Å². The van der Waals surface area contributed by atoms with Gasteiger partial charge in [-0.15, -0.1) is 10.2 Å². The Labute approximate surface area is 143 Å². The molecule has 2 aromatic rings. The number of benzene rings is 1. The Morgan fingerprint density at radius 2 is 1.92 bits per heavy atom. The number of aryl methyl sites for hydroxylation is 1. The highest BCUT2D eigenvalue weighted by Crippen LogP contribution is 2.29. The van der Waals surface area contributed by atoms with Crippen molar-refractivity contribution in [1.82, 2.24) is 15.1 Å². The first-order valence-electron chi connectivity index (χ1n) is 9.14. The number of piperidine rings is 2. The second-order valence-electron chi connectivity index (χ2n) is 6.96. The molecule has 0 amide bonds. The van der Waals surface area contributed by atoms with Gasteiger partial charge in [-0.05, 0) is 43.9 Å². The minimum Gasteiger partial charge on any atom is -0.473 e. The molecule has 2 aliphatic rings. The van der Waals surface area contributed by atoms with Crippen LogP contribution in [0.5, 0.6) is 5.88 Å². The van der Waals surface area contributed by atoms with Crippen molar-refractivity contribution in [3.63, 3.8) is 0 Å². The number of fused-ring (bicyclic) bond motifs is 2. The van der Waals surface area contributed by atoms with Gasteiger partial charge < -0.3 is 9.64 Å². The van der Waals surface area contributed by atoms with Gasteiger partial charge in [0.15, 0.2) is 0 Å². The molecule has 0 aliphatic carbocycles. The summed E-state index contributed by atoms with van der Waals surface area (Å²) in [5.74, 6) is 1.31. The van der Waals surface area contributed by atoms with Crippen molar-refractivity contribution in [2.75, 3.05) is 19.6 Å². The quantitative estimate of drug-likeness (QED) is 0.862. The van der Waals surface area contributed by atoms with Crippen molar-refractivity contribution >= 4 is 0 Å². The molecule has 2 bridgehead atoms. The van der Waals surface area contributed by atoms with Crippen molar-refractivity contribution in [2.24, 2.45) is 5.92 Å². The highest BCUT2D eigenvalue weighted by molar-refractivity contribution is 5.58. The Hall–Kier alpha value is -1.94. The van der Waals surface area contributed by atoms with Gasteiger partial charge in [-0.25, -0.2) is 0 Å². The molecule has 1 aromatic heterocycles. The summed E-state index contributed by atoms with van der Waals surface area (Å²) in [6, 6.07) is 12.5. The summed E-state index contributed by atoms with van der Waals surface area (Å²) in [4.78, 5) is 2.56. The van der Waals surface area contributed by atoms with Crippen LogP contribution in [0.3, 0.4) is 0 Å². The highest BCUT2D eigenvalue weighted by atomic mass is 16.5. The third-order valence-corrected chi connectivity index (χ3v) is 5.37. The van der Waals surface area contributed by atoms with Gasteiger partial charge in [-0.1, -0.05) is 31.2 Å². The molecule has 0 saturated carbocycles. The fraction of sp³-hybridized carbons (Fsp3) is 0.500. The van der Waals surface area contributed by atoms with E-state index in [2.05, 4.69) is 46.3 Å². The van der Waals surface area contributed by atoms with Crippen LogP contribution < -0.4 is 4.74 Å². The summed E-state index contributed by atoms with van der Waals surface area (Å²) in [7, 11) is 0. The molecule has 4 heteroatoms. The van der Waals surface area contributed by atoms with Gasteiger partial charge in [0, 0.05) is 30.6 Å². The average Bonchev–Trinajstić information content (AvgIpc) is 2.65. The van der Waals surface area contributed by atoms with Gasteiger partial charge in [0.25, 0.3) is 0 Å². The third kappa shape index (κ3) is 3.29. The minimum absolute atomic E-state index is 0.297. The van der Waals surface area contributed by atoms with Crippen molar-refractivity contribution in [1.29, 1.82) is 0 Å². The van der Waals surface area contributed by atoms with Crippen molar-refractivity contribution in [3.8, 4) is 17.1 Å². The zero-order valence-electron chi connectivity index (χ0n) is 14.3. The lowest BCUT2D eigenvalue weighted by Crippen LogP contribution is -2.49. The number of rotatable bonds is 4. The van der Waals surface area contributed by atoms with E-state index in [-0.39, 0.29) is 0 Å². The smallest absolute Gasteiger partial charge is 0.233 e. The van der Waals surface area contributed by atoms with Crippen molar-refractivity contribution in [2.45, 2.75) is 38.7 Å². The van der Waals surface area contributed by atoms with Crippen LogP contribution in [-0.4, -0.2) is 40.8 Å². The molecular formula is C20H25N3O. The number of aromatic nitrogens is 2. The first-order valence-corrected chi connectivity index (χ1v) is 9.14. The Balaban J connectivity index is 1.43. The molecule has 4 rings (SSSR count). The predicted octanol–water partition coefficient (Wildman–Crippen LogP) is 3.57. The molecule has 3 heterocycles. The second kappa shape index (κ2) is 6.89. The van der Waals surface area contributed by atoms with Crippen LogP contribution in [0.25, 0.3) is 11.3 Å². The molecule has 24 heavy (non-hydrogen) atoms. The first-order chi connectivity index (χ1) is 11.8.